The second kappa shape index (κ2) is 12.8. The van der Waals surface area contributed by atoms with Crippen molar-refractivity contribution in [2.45, 2.75) is 104 Å². The van der Waals surface area contributed by atoms with Crippen LogP contribution in [-0.4, -0.2) is 5.78 Å². The van der Waals surface area contributed by atoms with Crippen molar-refractivity contribution in [1.29, 1.82) is 0 Å². The summed E-state index contributed by atoms with van der Waals surface area (Å²) >= 11 is 0. The van der Waals surface area contributed by atoms with Gasteiger partial charge in [-0.3, -0.25) is 0 Å². The Morgan fingerprint density at radius 2 is 1.34 bits per heavy atom. The Morgan fingerprint density at radius 3 is 1.87 bits per heavy atom. The molecule has 0 N–H and O–H groups in total. The minimum atomic E-state index is -2.81. The fourth-order valence-corrected chi connectivity index (χ4v) is 5.51. The summed E-state index contributed by atoms with van der Waals surface area (Å²) in [6, 6.07) is 17.4. The normalized spacial score (nSPS) is 14.3. The summed E-state index contributed by atoms with van der Waals surface area (Å²) in [5.41, 5.74) is 10.7. The lowest BCUT2D eigenvalue weighted by Crippen LogP contribution is -2.07. The smallest absolute Gasteiger partial charge is 0.270 e. The average molecular weight is 517 g/mol. The summed E-state index contributed by atoms with van der Waals surface area (Å²) < 4.78 is 27.0. The van der Waals surface area contributed by atoms with E-state index in [1.54, 1.807) is 19.1 Å². The van der Waals surface area contributed by atoms with Gasteiger partial charge in [0.25, 0.3) is 5.92 Å². The monoisotopic (exact) mass is 516 g/mol. The highest BCUT2D eigenvalue weighted by Gasteiger charge is 2.24. The number of aryl methyl sites for hydroxylation is 3. The number of benzene rings is 3. The molecule has 202 valence electrons. The lowest BCUT2D eigenvalue weighted by Gasteiger charge is -2.18. The van der Waals surface area contributed by atoms with Crippen molar-refractivity contribution in [3.05, 3.63) is 93.5 Å². The second-order valence-electron chi connectivity index (χ2n) is 11.1. The van der Waals surface area contributed by atoms with Gasteiger partial charge in [0.05, 0.1) is 0 Å². The third-order valence-electron chi connectivity index (χ3n) is 8.18. The fourth-order valence-electron chi connectivity index (χ4n) is 5.51. The number of halogens is 2. The number of carbonyl (C=O) groups is 1. The minimum absolute atomic E-state index is 0.0409. The minimum Gasteiger partial charge on any atom is -0.300 e. The van der Waals surface area contributed by atoms with Crippen LogP contribution in [-0.2, 0) is 49.2 Å². The summed E-state index contributed by atoms with van der Waals surface area (Å²) in [7, 11) is 0. The van der Waals surface area contributed by atoms with E-state index in [0.717, 1.165) is 56.6 Å². The summed E-state index contributed by atoms with van der Waals surface area (Å²) in [6.07, 6.45) is 14.0. The molecule has 0 amide bonds. The van der Waals surface area contributed by atoms with Crippen LogP contribution in [0.25, 0.3) is 11.1 Å². The van der Waals surface area contributed by atoms with E-state index >= 15 is 0 Å². The van der Waals surface area contributed by atoms with Gasteiger partial charge >= 0.3 is 0 Å². The Labute approximate surface area is 227 Å². The molecular weight excluding hydrogens is 474 g/mol. The third kappa shape index (κ3) is 7.18. The van der Waals surface area contributed by atoms with Crippen LogP contribution in [0.4, 0.5) is 8.78 Å². The maximum Gasteiger partial charge on any atom is 0.270 e. The van der Waals surface area contributed by atoms with Crippen LogP contribution >= 0.6 is 0 Å². The SMILES string of the molecule is C1CCC1.CCc1cc(CCc2ccc(-c3ccc(C(C)(F)F)cc3)cc2)c2c(c1CCC(C)=O)CCC2. The van der Waals surface area contributed by atoms with Gasteiger partial charge in [0.2, 0.25) is 0 Å². The van der Waals surface area contributed by atoms with Crippen LogP contribution < -0.4 is 0 Å². The van der Waals surface area contributed by atoms with Gasteiger partial charge in [-0.1, -0.05) is 87.2 Å². The molecule has 0 spiro atoms. The first-order valence-corrected chi connectivity index (χ1v) is 14.5. The topological polar surface area (TPSA) is 17.1 Å². The summed E-state index contributed by atoms with van der Waals surface area (Å²) in [6.45, 7) is 4.82. The number of carbonyl (C=O) groups excluding carboxylic acids is 1. The highest BCUT2D eigenvalue weighted by molar-refractivity contribution is 5.76. The summed E-state index contributed by atoms with van der Waals surface area (Å²) in [5.74, 6) is -2.55. The standard InChI is InChI=1S/C31H34F2O.C4H8/c1-4-23-20-26(28-6-5-7-30(28)29(23)19-8-21(2)34)14-11-22-9-12-24(13-10-22)25-15-17-27(18-16-25)31(3,32)33;1-2-4-3-1/h9-10,12-13,15-18,20H,4-8,11,14,19H2,1-3H3;1-4H2. The average Bonchev–Trinajstić information content (AvgIpc) is 3.35. The van der Waals surface area contributed by atoms with Crippen molar-refractivity contribution in [3.8, 4) is 11.1 Å². The largest absolute Gasteiger partial charge is 0.300 e. The first kappa shape index (κ1) is 28.2. The Kier molecular flexibility index (Phi) is 9.52. The van der Waals surface area contributed by atoms with Crippen molar-refractivity contribution >= 4 is 5.78 Å². The van der Waals surface area contributed by atoms with E-state index in [4.69, 9.17) is 0 Å². The molecule has 0 atom stereocenters. The molecule has 5 rings (SSSR count). The highest BCUT2D eigenvalue weighted by Crippen LogP contribution is 2.34. The zero-order valence-corrected chi connectivity index (χ0v) is 23.3. The van der Waals surface area contributed by atoms with Crippen LogP contribution in [0.3, 0.4) is 0 Å². The zero-order valence-electron chi connectivity index (χ0n) is 23.3. The Balaban J connectivity index is 0.000000768. The molecule has 0 aliphatic heterocycles. The highest BCUT2D eigenvalue weighted by atomic mass is 19.3. The number of rotatable bonds is 9. The van der Waals surface area contributed by atoms with Gasteiger partial charge in [0, 0.05) is 18.9 Å². The first-order chi connectivity index (χ1) is 18.3. The molecule has 0 heterocycles. The van der Waals surface area contributed by atoms with Gasteiger partial charge in [-0.05, 0) is 96.4 Å². The van der Waals surface area contributed by atoms with E-state index in [1.807, 2.05) is 0 Å². The number of hydrogen-bond donors (Lipinski definition) is 0. The summed E-state index contributed by atoms with van der Waals surface area (Å²) in [4.78, 5) is 11.6. The van der Waals surface area contributed by atoms with Crippen molar-refractivity contribution in [1.82, 2.24) is 0 Å². The maximum atomic E-state index is 13.5. The molecule has 3 aromatic carbocycles. The van der Waals surface area contributed by atoms with E-state index in [0.29, 0.717) is 6.42 Å². The molecule has 0 aromatic heterocycles. The molecule has 3 aromatic rings. The van der Waals surface area contributed by atoms with Crippen LogP contribution in [0.5, 0.6) is 0 Å². The third-order valence-corrected chi connectivity index (χ3v) is 8.18. The van der Waals surface area contributed by atoms with Crippen LogP contribution in [0.1, 0.15) is 98.2 Å². The maximum absolute atomic E-state index is 13.5. The number of fused-ring (bicyclic) bond motifs is 1. The van der Waals surface area contributed by atoms with Crippen molar-refractivity contribution in [2.75, 3.05) is 0 Å². The molecule has 1 saturated carbocycles. The van der Waals surface area contributed by atoms with E-state index in [-0.39, 0.29) is 11.3 Å². The van der Waals surface area contributed by atoms with Crippen molar-refractivity contribution in [2.24, 2.45) is 0 Å². The molecule has 0 saturated heterocycles. The van der Waals surface area contributed by atoms with Gasteiger partial charge in [0.15, 0.2) is 0 Å². The molecule has 3 heteroatoms. The van der Waals surface area contributed by atoms with Gasteiger partial charge in [-0.25, -0.2) is 8.78 Å². The van der Waals surface area contributed by atoms with E-state index in [2.05, 4.69) is 37.3 Å². The quantitative estimate of drug-likeness (QED) is 0.277. The van der Waals surface area contributed by atoms with Gasteiger partial charge < -0.3 is 4.79 Å². The number of hydrogen-bond acceptors (Lipinski definition) is 1. The lowest BCUT2D eigenvalue weighted by molar-refractivity contribution is -0.116. The second-order valence-corrected chi connectivity index (χ2v) is 11.1. The molecule has 1 fully saturated rings. The van der Waals surface area contributed by atoms with Gasteiger partial charge in [0.1, 0.15) is 5.78 Å². The van der Waals surface area contributed by atoms with Crippen molar-refractivity contribution < 1.29 is 13.6 Å². The molecule has 0 radical (unpaired) electrons. The van der Waals surface area contributed by atoms with Gasteiger partial charge in [-0.2, -0.15) is 0 Å². The molecule has 0 bridgehead atoms. The van der Waals surface area contributed by atoms with E-state index < -0.39 is 5.92 Å². The number of ketones is 1. The van der Waals surface area contributed by atoms with Crippen LogP contribution in [0.2, 0.25) is 0 Å². The summed E-state index contributed by atoms with van der Waals surface area (Å²) in [5, 5.41) is 0. The number of alkyl halides is 2. The Morgan fingerprint density at radius 1 is 0.763 bits per heavy atom. The predicted octanol–water partition coefficient (Wildman–Crippen LogP) is 9.38. The van der Waals surface area contributed by atoms with Crippen LogP contribution in [0.15, 0.2) is 54.6 Å². The van der Waals surface area contributed by atoms with Gasteiger partial charge in [-0.15, -0.1) is 0 Å². The molecule has 2 aliphatic rings. The Bertz CT molecular complexity index is 1210. The van der Waals surface area contributed by atoms with E-state index in [9.17, 15) is 13.6 Å². The van der Waals surface area contributed by atoms with Crippen LogP contribution in [0, 0.1) is 0 Å². The van der Waals surface area contributed by atoms with Crippen molar-refractivity contribution in [3.63, 3.8) is 0 Å². The molecular formula is C35H42F2O. The molecule has 38 heavy (non-hydrogen) atoms. The molecule has 2 aliphatic carbocycles. The predicted molar refractivity (Wildman–Crippen MR) is 154 cm³/mol. The fraction of sp³-hybridized carbons (Fsp3) is 0.457. The molecule has 0 unspecified atom stereocenters. The lowest BCUT2D eigenvalue weighted by atomic mass is 9.87. The number of Topliss-reactive ketones (excluding diaryl/α,β-unsaturated/α-hetero) is 1. The van der Waals surface area contributed by atoms with E-state index in [1.165, 1.54) is 77.6 Å². The Hall–Kier alpha value is -2.81. The zero-order chi connectivity index (χ0) is 27.1. The molecule has 1 nitrogen and oxygen atoms in total. The first-order valence-electron chi connectivity index (χ1n) is 14.5.